The number of fused-ring (bicyclic) bond motifs is 1. The number of ether oxygens (including phenoxy) is 2. The van der Waals surface area contributed by atoms with Crippen LogP contribution in [-0.4, -0.2) is 65.9 Å². The van der Waals surface area contributed by atoms with Crippen LogP contribution in [-0.2, 0) is 30.8 Å². The Bertz CT molecular complexity index is 989. The Labute approximate surface area is 175 Å². The minimum Gasteiger partial charge on any atom is -0.459 e. The number of aromatic nitrogens is 2. The van der Waals surface area contributed by atoms with Gasteiger partial charge in [-0.05, 0) is 45.9 Å². The van der Waals surface area contributed by atoms with E-state index in [1.807, 2.05) is 32.3 Å². The van der Waals surface area contributed by atoms with Crippen LogP contribution in [0.25, 0.3) is 11.0 Å². The smallest absolute Gasteiger partial charge is 0.316 e. The number of benzene rings is 1. The van der Waals surface area contributed by atoms with E-state index in [0.29, 0.717) is 43.5 Å². The molecule has 10 heteroatoms. The number of thioether (sulfide) groups is 1. The summed E-state index contributed by atoms with van der Waals surface area (Å²) in [6.07, 6.45) is 0. The molecule has 2 heterocycles. The number of hydrogen-bond donors (Lipinski definition) is 0. The van der Waals surface area contributed by atoms with Crippen molar-refractivity contribution in [3.05, 3.63) is 18.2 Å². The number of nitrogens with zero attached hydrogens (tertiary/aromatic N) is 3. The van der Waals surface area contributed by atoms with Crippen molar-refractivity contribution in [1.29, 1.82) is 0 Å². The van der Waals surface area contributed by atoms with Gasteiger partial charge in [-0.15, -0.1) is 0 Å². The average molecular weight is 442 g/mol. The monoisotopic (exact) mass is 441 g/mol. The van der Waals surface area contributed by atoms with Gasteiger partial charge in [0.05, 0.1) is 34.9 Å². The molecule has 0 atom stereocenters. The summed E-state index contributed by atoms with van der Waals surface area (Å²) in [6, 6.07) is 4.99. The van der Waals surface area contributed by atoms with Crippen molar-refractivity contribution in [1.82, 2.24) is 13.9 Å². The quantitative estimate of drug-likeness (QED) is 0.502. The van der Waals surface area contributed by atoms with Crippen LogP contribution in [0.4, 0.5) is 0 Å². The number of esters is 1. The number of carbonyl (C=O) groups is 1. The molecule has 29 heavy (non-hydrogen) atoms. The highest BCUT2D eigenvalue weighted by Crippen LogP contribution is 2.28. The average Bonchev–Trinajstić information content (AvgIpc) is 3.02. The molecular formula is C19H27N3O5S2. The molecular weight excluding hydrogens is 414 g/mol. The summed E-state index contributed by atoms with van der Waals surface area (Å²) in [5.41, 5.74) is 0.888. The highest BCUT2D eigenvalue weighted by Gasteiger charge is 2.27. The molecule has 0 unspecified atom stereocenters. The number of aryl methyl sites for hydroxylation is 1. The van der Waals surface area contributed by atoms with E-state index in [2.05, 4.69) is 4.98 Å². The van der Waals surface area contributed by atoms with E-state index in [-0.39, 0.29) is 16.6 Å². The van der Waals surface area contributed by atoms with Crippen molar-refractivity contribution < 1.29 is 22.7 Å². The molecule has 0 spiro atoms. The van der Waals surface area contributed by atoms with Gasteiger partial charge in [0, 0.05) is 19.6 Å². The molecule has 1 fully saturated rings. The lowest BCUT2D eigenvalue weighted by Gasteiger charge is -2.26. The molecule has 0 N–H and O–H groups in total. The Morgan fingerprint density at radius 3 is 2.59 bits per heavy atom. The highest BCUT2D eigenvalue weighted by molar-refractivity contribution is 7.99. The van der Waals surface area contributed by atoms with Gasteiger partial charge in [0.2, 0.25) is 10.0 Å². The molecule has 0 saturated carbocycles. The maximum absolute atomic E-state index is 12.9. The zero-order valence-electron chi connectivity index (χ0n) is 17.2. The standard InChI is InChI=1S/C19H27N3O5S2/c1-5-22-16-7-6-14(29(24,25)21-8-10-26-11-9-21)12-15(16)20-18(22)28-13-17(23)27-19(2,3)4/h6-7,12H,5,8-11,13H2,1-4H3. The van der Waals surface area contributed by atoms with Gasteiger partial charge in [0.15, 0.2) is 5.16 Å². The summed E-state index contributed by atoms with van der Waals surface area (Å²) in [4.78, 5) is 16.8. The Balaban J connectivity index is 1.85. The fourth-order valence-corrected chi connectivity index (χ4v) is 5.37. The SMILES string of the molecule is CCn1c(SCC(=O)OC(C)(C)C)nc2cc(S(=O)(=O)N3CCOCC3)ccc21. The summed E-state index contributed by atoms with van der Waals surface area (Å²) in [5, 5.41) is 0.661. The third-order valence-electron chi connectivity index (χ3n) is 4.35. The van der Waals surface area contributed by atoms with E-state index >= 15 is 0 Å². The lowest BCUT2D eigenvalue weighted by atomic mass is 10.2. The largest absolute Gasteiger partial charge is 0.459 e. The maximum Gasteiger partial charge on any atom is 0.316 e. The molecule has 1 aliphatic heterocycles. The van der Waals surface area contributed by atoms with Gasteiger partial charge >= 0.3 is 5.97 Å². The Morgan fingerprint density at radius 1 is 1.28 bits per heavy atom. The fourth-order valence-electron chi connectivity index (χ4n) is 3.09. The molecule has 0 aliphatic carbocycles. The zero-order chi connectivity index (χ0) is 21.2. The second-order valence-electron chi connectivity index (χ2n) is 7.68. The number of rotatable bonds is 6. The van der Waals surface area contributed by atoms with Gasteiger partial charge in [0.25, 0.3) is 0 Å². The van der Waals surface area contributed by atoms with Crippen LogP contribution in [0.5, 0.6) is 0 Å². The lowest BCUT2D eigenvalue weighted by Crippen LogP contribution is -2.40. The molecule has 1 aliphatic rings. The molecule has 160 valence electrons. The molecule has 8 nitrogen and oxygen atoms in total. The van der Waals surface area contributed by atoms with Crippen molar-refractivity contribution in [2.75, 3.05) is 32.1 Å². The third-order valence-corrected chi connectivity index (χ3v) is 7.19. The number of hydrogen-bond acceptors (Lipinski definition) is 7. The van der Waals surface area contributed by atoms with E-state index in [4.69, 9.17) is 9.47 Å². The molecule has 0 amide bonds. The predicted octanol–water partition coefficient (Wildman–Crippen LogP) is 2.51. The minimum absolute atomic E-state index is 0.138. The second-order valence-corrected chi connectivity index (χ2v) is 10.6. The molecule has 3 rings (SSSR count). The molecule has 1 saturated heterocycles. The van der Waals surface area contributed by atoms with Crippen molar-refractivity contribution in [3.63, 3.8) is 0 Å². The number of imidazole rings is 1. The number of morpholine rings is 1. The minimum atomic E-state index is -3.59. The lowest BCUT2D eigenvalue weighted by molar-refractivity contribution is -0.151. The molecule has 0 bridgehead atoms. The molecule has 2 aromatic rings. The summed E-state index contributed by atoms with van der Waals surface area (Å²) >= 11 is 1.29. The van der Waals surface area contributed by atoms with E-state index in [1.54, 1.807) is 18.2 Å². The maximum atomic E-state index is 12.9. The first-order valence-corrected chi connectivity index (χ1v) is 12.0. The predicted molar refractivity (Wildman–Crippen MR) is 112 cm³/mol. The first kappa shape index (κ1) is 22.1. The Kier molecular flexibility index (Phi) is 6.57. The van der Waals surface area contributed by atoms with E-state index in [0.717, 1.165) is 5.52 Å². The van der Waals surface area contributed by atoms with Gasteiger partial charge < -0.3 is 14.0 Å². The van der Waals surface area contributed by atoms with Gasteiger partial charge in [-0.2, -0.15) is 4.31 Å². The van der Waals surface area contributed by atoms with Crippen molar-refractivity contribution in [3.8, 4) is 0 Å². The third kappa shape index (κ3) is 5.11. The van der Waals surface area contributed by atoms with Crippen molar-refractivity contribution in [2.45, 2.75) is 49.9 Å². The van der Waals surface area contributed by atoms with E-state index in [9.17, 15) is 13.2 Å². The van der Waals surface area contributed by atoms with Crippen LogP contribution < -0.4 is 0 Å². The van der Waals surface area contributed by atoms with Gasteiger partial charge in [-0.1, -0.05) is 11.8 Å². The van der Waals surface area contributed by atoms with Crippen molar-refractivity contribution in [2.24, 2.45) is 0 Å². The van der Waals surface area contributed by atoms with Gasteiger partial charge in [-0.3, -0.25) is 4.79 Å². The topological polar surface area (TPSA) is 90.7 Å². The normalized spacial score (nSPS) is 16.3. The Morgan fingerprint density at radius 2 is 1.97 bits per heavy atom. The highest BCUT2D eigenvalue weighted by atomic mass is 32.2. The second kappa shape index (κ2) is 8.63. The number of carbonyl (C=O) groups excluding carboxylic acids is 1. The van der Waals surface area contributed by atoms with Gasteiger partial charge in [0.1, 0.15) is 5.60 Å². The Hall–Kier alpha value is -1.62. The van der Waals surface area contributed by atoms with Crippen LogP contribution in [0.1, 0.15) is 27.7 Å². The molecule has 0 radical (unpaired) electrons. The zero-order valence-corrected chi connectivity index (χ0v) is 18.8. The van der Waals surface area contributed by atoms with E-state index < -0.39 is 15.6 Å². The summed E-state index contributed by atoms with van der Waals surface area (Å²) in [7, 11) is -3.59. The first-order chi connectivity index (χ1) is 13.6. The van der Waals surface area contributed by atoms with Crippen LogP contribution in [0, 0.1) is 0 Å². The van der Waals surface area contributed by atoms with Crippen LogP contribution in [0.2, 0.25) is 0 Å². The number of sulfonamides is 1. The first-order valence-electron chi connectivity index (χ1n) is 9.54. The summed E-state index contributed by atoms with van der Waals surface area (Å²) in [5.74, 6) is -0.174. The summed E-state index contributed by atoms with van der Waals surface area (Å²) < 4.78 is 39.8. The van der Waals surface area contributed by atoms with Crippen LogP contribution in [0.3, 0.4) is 0 Å². The van der Waals surface area contributed by atoms with Crippen LogP contribution in [0.15, 0.2) is 28.3 Å². The fraction of sp³-hybridized carbons (Fsp3) is 0.579. The van der Waals surface area contributed by atoms with Gasteiger partial charge in [-0.25, -0.2) is 13.4 Å². The molecule has 1 aromatic heterocycles. The van der Waals surface area contributed by atoms with Crippen molar-refractivity contribution >= 4 is 38.8 Å². The molecule has 1 aromatic carbocycles. The van der Waals surface area contributed by atoms with Crippen LogP contribution >= 0.6 is 11.8 Å². The summed E-state index contributed by atoms with van der Waals surface area (Å²) in [6.45, 7) is 9.61. The van der Waals surface area contributed by atoms with E-state index in [1.165, 1.54) is 16.1 Å².